The average molecular weight is 525 g/mol. The van der Waals surface area contributed by atoms with Crippen LogP contribution in [-0.2, 0) is 19.0 Å². The topological polar surface area (TPSA) is 96.0 Å². The van der Waals surface area contributed by atoms with E-state index in [-0.39, 0.29) is 17.7 Å². The van der Waals surface area contributed by atoms with Gasteiger partial charge in [0.15, 0.2) is 18.5 Å². The molecule has 0 radical (unpaired) electrons. The number of aldehydes is 1. The van der Waals surface area contributed by atoms with Crippen LogP contribution in [0.4, 0.5) is 0 Å². The number of carbonyl (C=O) groups is 4. The lowest BCUT2D eigenvalue weighted by Gasteiger charge is -2.27. The van der Waals surface area contributed by atoms with E-state index in [9.17, 15) is 19.2 Å². The highest BCUT2D eigenvalue weighted by Crippen LogP contribution is 2.20. The van der Waals surface area contributed by atoms with Crippen LogP contribution in [0, 0.1) is 0 Å². The van der Waals surface area contributed by atoms with E-state index in [1.807, 2.05) is 0 Å². The zero-order chi connectivity index (χ0) is 24.3. The summed E-state index contributed by atoms with van der Waals surface area (Å²) in [6.45, 7) is -0.256. The Hall–Kier alpha value is -3.78. The van der Waals surface area contributed by atoms with Crippen molar-refractivity contribution in [3.63, 3.8) is 0 Å². The molecule has 34 heavy (non-hydrogen) atoms. The summed E-state index contributed by atoms with van der Waals surface area (Å²) in [5.41, 5.74) is 0.805. The van der Waals surface area contributed by atoms with E-state index in [1.165, 1.54) is 12.1 Å². The van der Waals surface area contributed by atoms with E-state index in [2.05, 4.69) is 15.9 Å². The number of hydrogen-bond acceptors (Lipinski definition) is 7. The molecule has 0 heterocycles. The van der Waals surface area contributed by atoms with Gasteiger partial charge in [0.1, 0.15) is 6.61 Å². The first kappa shape index (κ1) is 24.9. The van der Waals surface area contributed by atoms with E-state index >= 15 is 0 Å². The SMILES string of the molecule is O=C[C@@H](OC(=O)c1ccccc1)[C@H](OC(=O)c1ccccc1)[C@@H](Br)COC(=O)c1ccccc1. The summed E-state index contributed by atoms with van der Waals surface area (Å²) in [6.07, 6.45) is -2.36. The molecule has 7 nitrogen and oxygen atoms in total. The molecule has 0 N–H and O–H groups in total. The Morgan fingerprint density at radius 1 is 0.676 bits per heavy atom. The largest absolute Gasteiger partial charge is 0.461 e. The molecule has 0 aromatic heterocycles. The number of esters is 3. The van der Waals surface area contributed by atoms with Crippen LogP contribution in [0.1, 0.15) is 31.1 Å². The van der Waals surface area contributed by atoms with Crippen LogP contribution in [0.15, 0.2) is 91.0 Å². The van der Waals surface area contributed by atoms with E-state index in [0.29, 0.717) is 11.8 Å². The Bertz CT molecular complexity index is 1100. The van der Waals surface area contributed by atoms with Gasteiger partial charge < -0.3 is 14.2 Å². The molecule has 0 amide bonds. The number of benzene rings is 3. The molecule has 3 aromatic carbocycles. The molecule has 3 rings (SSSR count). The number of ether oxygens (including phenoxy) is 3. The monoisotopic (exact) mass is 524 g/mol. The highest BCUT2D eigenvalue weighted by atomic mass is 79.9. The zero-order valence-electron chi connectivity index (χ0n) is 17.9. The van der Waals surface area contributed by atoms with Gasteiger partial charge in [-0.3, -0.25) is 4.79 Å². The van der Waals surface area contributed by atoms with Gasteiger partial charge in [0.2, 0.25) is 0 Å². The molecule has 0 unspecified atom stereocenters. The first-order valence-electron chi connectivity index (χ1n) is 10.3. The van der Waals surface area contributed by atoms with Gasteiger partial charge in [-0.1, -0.05) is 70.5 Å². The summed E-state index contributed by atoms with van der Waals surface area (Å²) in [7, 11) is 0. The van der Waals surface area contributed by atoms with Crippen molar-refractivity contribution in [1.82, 2.24) is 0 Å². The van der Waals surface area contributed by atoms with Crippen molar-refractivity contribution in [1.29, 1.82) is 0 Å². The summed E-state index contributed by atoms with van der Waals surface area (Å²) in [5.74, 6) is -2.09. The van der Waals surface area contributed by atoms with Crippen molar-refractivity contribution in [2.24, 2.45) is 0 Å². The summed E-state index contributed by atoms with van der Waals surface area (Å²) >= 11 is 3.33. The van der Waals surface area contributed by atoms with Gasteiger partial charge in [0.05, 0.1) is 21.5 Å². The quantitative estimate of drug-likeness (QED) is 0.169. The highest BCUT2D eigenvalue weighted by Gasteiger charge is 2.36. The molecule has 174 valence electrons. The van der Waals surface area contributed by atoms with Crippen LogP contribution in [0.3, 0.4) is 0 Å². The molecule has 0 aliphatic heterocycles. The Labute approximate surface area is 204 Å². The van der Waals surface area contributed by atoms with Crippen molar-refractivity contribution in [2.75, 3.05) is 6.61 Å². The summed E-state index contributed by atoms with van der Waals surface area (Å²) in [5, 5.41) is 0. The Balaban J connectivity index is 1.76. The van der Waals surface area contributed by atoms with Gasteiger partial charge in [-0.25, -0.2) is 14.4 Å². The Morgan fingerprint density at radius 3 is 1.53 bits per heavy atom. The minimum atomic E-state index is -1.46. The second kappa shape index (κ2) is 12.5. The molecule has 0 saturated carbocycles. The Morgan fingerprint density at radius 2 is 1.09 bits per heavy atom. The summed E-state index contributed by atoms with van der Waals surface area (Å²) in [4.78, 5) is 48.6. The molecule has 3 atom stereocenters. The fourth-order valence-corrected chi connectivity index (χ4v) is 3.50. The fraction of sp³-hybridized carbons (Fsp3) is 0.154. The number of hydrogen-bond donors (Lipinski definition) is 0. The van der Waals surface area contributed by atoms with Crippen LogP contribution < -0.4 is 0 Å². The van der Waals surface area contributed by atoms with Gasteiger partial charge in [-0.2, -0.15) is 0 Å². The summed E-state index contributed by atoms with van der Waals surface area (Å²) in [6, 6.07) is 24.6. The zero-order valence-corrected chi connectivity index (χ0v) is 19.5. The van der Waals surface area contributed by atoms with E-state index in [1.54, 1.807) is 78.9 Å². The van der Waals surface area contributed by atoms with Crippen molar-refractivity contribution < 1.29 is 33.4 Å². The van der Waals surface area contributed by atoms with Crippen molar-refractivity contribution in [2.45, 2.75) is 17.0 Å². The fourth-order valence-electron chi connectivity index (χ4n) is 2.96. The maximum absolute atomic E-state index is 12.7. The molecule has 0 spiro atoms. The van der Waals surface area contributed by atoms with Crippen molar-refractivity contribution in [3.05, 3.63) is 108 Å². The molecule has 0 fully saturated rings. The normalized spacial score (nSPS) is 13.1. The molecule has 8 heteroatoms. The first-order chi connectivity index (χ1) is 16.5. The van der Waals surface area contributed by atoms with Gasteiger partial charge in [0.25, 0.3) is 0 Å². The molecule has 0 bridgehead atoms. The van der Waals surface area contributed by atoms with Gasteiger partial charge in [-0.15, -0.1) is 0 Å². The first-order valence-corrected chi connectivity index (χ1v) is 11.2. The van der Waals surface area contributed by atoms with E-state index < -0.39 is 34.9 Å². The lowest BCUT2D eigenvalue weighted by Crippen LogP contribution is -2.44. The third-order valence-electron chi connectivity index (χ3n) is 4.70. The second-order valence-electron chi connectivity index (χ2n) is 7.09. The molecular formula is C26H21BrO7. The van der Waals surface area contributed by atoms with Crippen LogP contribution in [0.2, 0.25) is 0 Å². The Kier molecular flexibility index (Phi) is 9.11. The van der Waals surface area contributed by atoms with Crippen LogP contribution in [0.25, 0.3) is 0 Å². The molecular weight excluding hydrogens is 504 g/mol. The van der Waals surface area contributed by atoms with Crippen LogP contribution in [-0.4, -0.2) is 47.8 Å². The number of carbonyl (C=O) groups excluding carboxylic acids is 4. The van der Waals surface area contributed by atoms with Crippen molar-refractivity contribution >= 4 is 40.1 Å². The number of alkyl halides is 1. The maximum Gasteiger partial charge on any atom is 0.338 e. The lowest BCUT2D eigenvalue weighted by atomic mass is 10.1. The summed E-state index contributed by atoms with van der Waals surface area (Å²) < 4.78 is 16.2. The second-order valence-corrected chi connectivity index (χ2v) is 8.26. The molecule has 0 saturated heterocycles. The van der Waals surface area contributed by atoms with Gasteiger partial charge in [-0.05, 0) is 36.4 Å². The predicted molar refractivity (Wildman–Crippen MR) is 127 cm³/mol. The van der Waals surface area contributed by atoms with Gasteiger partial charge >= 0.3 is 17.9 Å². The predicted octanol–water partition coefficient (Wildman–Crippen LogP) is 4.26. The lowest BCUT2D eigenvalue weighted by molar-refractivity contribution is -0.122. The van der Waals surface area contributed by atoms with Crippen LogP contribution >= 0.6 is 15.9 Å². The van der Waals surface area contributed by atoms with Crippen molar-refractivity contribution in [3.8, 4) is 0 Å². The van der Waals surface area contributed by atoms with E-state index in [0.717, 1.165) is 0 Å². The minimum absolute atomic E-state index is 0.226. The third kappa shape index (κ3) is 6.86. The molecule has 0 aliphatic rings. The number of rotatable bonds is 10. The highest BCUT2D eigenvalue weighted by molar-refractivity contribution is 9.09. The van der Waals surface area contributed by atoms with Crippen LogP contribution in [0.5, 0.6) is 0 Å². The minimum Gasteiger partial charge on any atom is -0.461 e. The average Bonchev–Trinajstić information content (AvgIpc) is 2.90. The van der Waals surface area contributed by atoms with E-state index in [4.69, 9.17) is 14.2 Å². The maximum atomic E-state index is 12.7. The smallest absolute Gasteiger partial charge is 0.338 e. The third-order valence-corrected chi connectivity index (χ3v) is 5.49. The number of halogens is 1. The molecule has 0 aliphatic carbocycles. The molecule has 3 aromatic rings. The standard InChI is InChI=1S/C26H21BrO7/c27-21(17-32-24(29)18-10-4-1-5-11-18)23(34-26(31)20-14-8-3-9-15-20)22(16-28)33-25(30)19-12-6-2-7-13-19/h1-16,21-23H,17H2/t21-,22+,23+/m0/s1. The van der Waals surface area contributed by atoms with Gasteiger partial charge in [0, 0.05) is 0 Å².